The van der Waals surface area contributed by atoms with Gasteiger partial charge in [0.15, 0.2) is 0 Å². The molecule has 0 radical (unpaired) electrons. The highest BCUT2D eigenvalue weighted by Gasteiger charge is 2.11. The number of thiazole rings is 1. The molecule has 0 saturated carbocycles. The van der Waals surface area contributed by atoms with Crippen molar-refractivity contribution in [2.75, 3.05) is 5.32 Å². The van der Waals surface area contributed by atoms with Gasteiger partial charge in [0.1, 0.15) is 5.01 Å². The zero-order chi connectivity index (χ0) is 13.9. The molecule has 3 heteroatoms. The maximum atomic E-state index is 5.42. The van der Waals surface area contributed by atoms with Crippen LogP contribution >= 0.6 is 11.3 Å². The van der Waals surface area contributed by atoms with Crippen molar-refractivity contribution < 1.29 is 0 Å². The van der Waals surface area contributed by atoms with Gasteiger partial charge in [0.25, 0.3) is 0 Å². The normalized spacial score (nSPS) is 12.0. The number of aromatic nitrogens is 1. The molecular formula is C17H14N2S. The van der Waals surface area contributed by atoms with Gasteiger partial charge < -0.3 is 5.32 Å². The van der Waals surface area contributed by atoms with Crippen LogP contribution in [0.2, 0.25) is 0 Å². The summed E-state index contributed by atoms with van der Waals surface area (Å²) in [6.45, 7) is 2.11. The number of anilines is 1. The fraction of sp³-hybridized carbons (Fsp3) is 0.118. The van der Waals surface area contributed by atoms with Crippen LogP contribution < -0.4 is 5.32 Å². The second-order valence-corrected chi connectivity index (χ2v) is 5.67. The van der Waals surface area contributed by atoms with Gasteiger partial charge in [-0.15, -0.1) is 17.8 Å². The van der Waals surface area contributed by atoms with Crippen molar-refractivity contribution in [1.82, 2.24) is 4.98 Å². The Bertz CT molecular complexity index is 750. The van der Waals surface area contributed by atoms with Crippen LogP contribution in [0, 0.1) is 12.3 Å². The summed E-state index contributed by atoms with van der Waals surface area (Å²) in [6, 6.07) is 16.2. The van der Waals surface area contributed by atoms with Gasteiger partial charge in [-0.05, 0) is 37.3 Å². The van der Waals surface area contributed by atoms with Crippen LogP contribution in [0.5, 0.6) is 0 Å². The van der Waals surface area contributed by atoms with E-state index in [1.54, 1.807) is 11.3 Å². The number of benzene rings is 2. The average Bonchev–Trinajstić information content (AvgIpc) is 2.91. The van der Waals surface area contributed by atoms with Crippen molar-refractivity contribution in [2.45, 2.75) is 13.0 Å². The highest BCUT2D eigenvalue weighted by atomic mass is 32.1. The Balaban J connectivity index is 1.85. The Morgan fingerprint density at radius 2 is 2.05 bits per heavy atom. The van der Waals surface area contributed by atoms with E-state index in [0.717, 1.165) is 21.8 Å². The zero-order valence-corrected chi connectivity index (χ0v) is 11.9. The van der Waals surface area contributed by atoms with E-state index in [1.165, 1.54) is 4.70 Å². The van der Waals surface area contributed by atoms with E-state index in [-0.39, 0.29) is 6.04 Å². The molecule has 0 aliphatic heterocycles. The number of hydrogen-bond acceptors (Lipinski definition) is 3. The molecule has 0 aliphatic carbocycles. The van der Waals surface area contributed by atoms with Gasteiger partial charge in [0.05, 0.1) is 16.3 Å². The maximum absolute atomic E-state index is 5.42. The summed E-state index contributed by atoms with van der Waals surface area (Å²) < 4.78 is 1.22. The first kappa shape index (κ1) is 12.7. The number of fused-ring (bicyclic) bond motifs is 1. The number of terminal acetylenes is 1. The third-order valence-electron chi connectivity index (χ3n) is 3.09. The van der Waals surface area contributed by atoms with Gasteiger partial charge in [0, 0.05) is 11.3 Å². The lowest BCUT2D eigenvalue weighted by Crippen LogP contribution is -2.06. The van der Waals surface area contributed by atoms with Crippen molar-refractivity contribution in [2.24, 2.45) is 0 Å². The van der Waals surface area contributed by atoms with Crippen LogP contribution in [-0.4, -0.2) is 4.98 Å². The van der Waals surface area contributed by atoms with Gasteiger partial charge in [-0.1, -0.05) is 24.1 Å². The fourth-order valence-electron chi connectivity index (χ4n) is 2.09. The summed E-state index contributed by atoms with van der Waals surface area (Å²) >= 11 is 1.72. The largest absolute Gasteiger partial charge is 0.376 e. The molecule has 0 amide bonds. The first-order valence-corrected chi connectivity index (χ1v) is 7.26. The second kappa shape index (κ2) is 5.36. The predicted octanol–water partition coefficient (Wildman–Crippen LogP) is 4.45. The number of hydrogen-bond donors (Lipinski definition) is 1. The van der Waals surface area contributed by atoms with Crippen LogP contribution in [0.3, 0.4) is 0 Å². The molecular weight excluding hydrogens is 264 g/mol. The summed E-state index contributed by atoms with van der Waals surface area (Å²) in [6.07, 6.45) is 5.42. The van der Waals surface area contributed by atoms with E-state index in [4.69, 9.17) is 6.42 Å². The molecule has 0 fully saturated rings. The Morgan fingerprint density at radius 3 is 2.85 bits per heavy atom. The summed E-state index contributed by atoms with van der Waals surface area (Å²) in [4.78, 5) is 4.67. The molecule has 1 heterocycles. The average molecular weight is 278 g/mol. The molecule has 2 aromatic carbocycles. The SMILES string of the molecule is C#Cc1cccc(NC(C)c2nc3ccccc3s2)c1. The van der Waals surface area contributed by atoms with Crippen molar-refractivity contribution in [3.8, 4) is 12.3 Å². The third-order valence-corrected chi connectivity index (χ3v) is 4.31. The first-order valence-electron chi connectivity index (χ1n) is 6.45. The Morgan fingerprint density at radius 1 is 1.20 bits per heavy atom. The zero-order valence-electron chi connectivity index (χ0n) is 11.1. The summed E-state index contributed by atoms with van der Waals surface area (Å²) in [5, 5.41) is 4.53. The minimum atomic E-state index is 0.153. The first-order chi connectivity index (χ1) is 9.76. The molecule has 1 unspecified atom stereocenters. The molecule has 1 N–H and O–H groups in total. The van der Waals surface area contributed by atoms with E-state index in [2.05, 4.69) is 29.2 Å². The smallest absolute Gasteiger partial charge is 0.116 e. The van der Waals surface area contributed by atoms with Crippen molar-refractivity contribution in [1.29, 1.82) is 0 Å². The van der Waals surface area contributed by atoms with E-state index < -0.39 is 0 Å². The molecule has 1 atom stereocenters. The minimum Gasteiger partial charge on any atom is -0.376 e. The van der Waals surface area contributed by atoms with Crippen molar-refractivity contribution in [3.63, 3.8) is 0 Å². The van der Waals surface area contributed by atoms with E-state index in [0.29, 0.717) is 0 Å². The van der Waals surface area contributed by atoms with Crippen LogP contribution in [0.1, 0.15) is 23.5 Å². The topological polar surface area (TPSA) is 24.9 Å². The summed E-state index contributed by atoms with van der Waals surface area (Å²) in [5.41, 5.74) is 2.96. The van der Waals surface area contributed by atoms with Gasteiger partial charge in [-0.2, -0.15) is 0 Å². The molecule has 98 valence electrons. The molecule has 3 rings (SSSR count). The predicted molar refractivity (Wildman–Crippen MR) is 86.0 cm³/mol. The summed E-state index contributed by atoms with van der Waals surface area (Å²) in [7, 11) is 0. The van der Waals surface area contributed by atoms with E-state index in [9.17, 15) is 0 Å². The molecule has 2 nitrogen and oxygen atoms in total. The molecule has 1 aromatic heterocycles. The van der Waals surface area contributed by atoms with Crippen molar-refractivity contribution in [3.05, 3.63) is 59.1 Å². The molecule has 0 bridgehead atoms. The van der Waals surface area contributed by atoms with Gasteiger partial charge in [-0.3, -0.25) is 0 Å². The quantitative estimate of drug-likeness (QED) is 0.716. The number of nitrogens with zero attached hydrogens (tertiary/aromatic N) is 1. The monoisotopic (exact) mass is 278 g/mol. The van der Waals surface area contributed by atoms with Crippen molar-refractivity contribution >= 4 is 27.2 Å². The minimum absolute atomic E-state index is 0.153. The number of nitrogens with one attached hydrogen (secondary N) is 1. The number of rotatable bonds is 3. The van der Waals surface area contributed by atoms with Crippen LogP contribution in [0.25, 0.3) is 10.2 Å². The number of para-hydroxylation sites is 1. The highest BCUT2D eigenvalue weighted by Crippen LogP contribution is 2.28. The second-order valence-electron chi connectivity index (χ2n) is 4.61. The lowest BCUT2D eigenvalue weighted by Gasteiger charge is -2.12. The fourth-order valence-corrected chi connectivity index (χ4v) is 3.06. The summed E-state index contributed by atoms with van der Waals surface area (Å²) in [5.74, 6) is 2.65. The van der Waals surface area contributed by atoms with E-state index in [1.807, 2.05) is 42.5 Å². The van der Waals surface area contributed by atoms with Gasteiger partial charge in [0.2, 0.25) is 0 Å². The van der Waals surface area contributed by atoms with Crippen LogP contribution in [0.4, 0.5) is 5.69 Å². The lowest BCUT2D eigenvalue weighted by molar-refractivity contribution is 0.874. The highest BCUT2D eigenvalue weighted by molar-refractivity contribution is 7.18. The molecule has 0 aliphatic rings. The Kier molecular flexibility index (Phi) is 3.41. The van der Waals surface area contributed by atoms with Crippen LogP contribution in [0.15, 0.2) is 48.5 Å². The Labute approximate surface area is 122 Å². The van der Waals surface area contributed by atoms with Gasteiger partial charge >= 0.3 is 0 Å². The third kappa shape index (κ3) is 2.52. The lowest BCUT2D eigenvalue weighted by atomic mass is 10.2. The molecule has 20 heavy (non-hydrogen) atoms. The van der Waals surface area contributed by atoms with E-state index >= 15 is 0 Å². The van der Waals surface area contributed by atoms with Crippen LogP contribution in [-0.2, 0) is 0 Å². The molecule has 3 aromatic rings. The maximum Gasteiger partial charge on any atom is 0.116 e. The Hall–Kier alpha value is -2.31. The molecule has 0 saturated heterocycles. The molecule has 0 spiro atoms. The van der Waals surface area contributed by atoms with Gasteiger partial charge in [-0.25, -0.2) is 4.98 Å². The standard InChI is InChI=1S/C17H14N2S/c1-3-13-7-6-8-14(11-13)18-12(2)17-19-15-9-4-5-10-16(15)20-17/h1,4-12,18H,2H3.